The molecular weight excluding hydrogens is 348 g/mol. The number of nitrogens with zero attached hydrogens (tertiary/aromatic N) is 2. The maximum atomic E-state index is 12.9. The van der Waals surface area contributed by atoms with Gasteiger partial charge in [-0.25, -0.2) is 4.39 Å². The predicted octanol–water partition coefficient (Wildman–Crippen LogP) is 2.72. The summed E-state index contributed by atoms with van der Waals surface area (Å²) in [6.45, 7) is 1.82. The van der Waals surface area contributed by atoms with Crippen LogP contribution in [0.1, 0.15) is 16.2 Å². The van der Waals surface area contributed by atoms with Gasteiger partial charge in [0.2, 0.25) is 0 Å². The van der Waals surface area contributed by atoms with Gasteiger partial charge in [-0.15, -0.1) is 0 Å². The standard InChI is InChI=1S/C12H11FIN3O/c1-7-5-11(17(2)16-7)12(18)15-10-4-3-8(13)6-9(10)14/h3-6H,1-2H3,(H,15,18). The molecule has 0 saturated heterocycles. The number of aromatic nitrogens is 2. The van der Waals surface area contributed by atoms with Crippen LogP contribution in [0.4, 0.5) is 10.1 Å². The summed E-state index contributed by atoms with van der Waals surface area (Å²) in [5, 5.41) is 6.84. The summed E-state index contributed by atoms with van der Waals surface area (Å²) >= 11 is 1.98. The van der Waals surface area contributed by atoms with Gasteiger partial charge in [-0.05, 0) is 53.8 Å². The highest BCUT2D eigenvalue weighted by atomic mass is 127. The highest BCUT2D eigenvalue weighted by molar-refractivity contribution is 14.1. The minimum Gasteiger partial charge on any atom is -0.320 e. The second kappa shape index (κ2) is 5.05. The smallest absolute Gasteiger partial charge is 0.273 e. The molecule has 0 unspecified atom stereocenters. The van der Waals surface area contributed by atoms with Crippen LogP contribution in [0, 0.1) is 16.3 Å². The zero-order valence-corrected chi connectivity index (χ0v) is 12.0. The lowest BCUT2D eigenvalue weighted by Gasteiger charge is -2.07. The molecule has 0 radical (unpaired) electrons. The first kappa shape index (κ1) is 13.0. The molecule has 1 amide bonds. The van der Waals surface area contributed by atoms with Crippen molar-refractivity contribution in [1.29, 1.82) is 0 Å². The van der Waals surface area contributed by atoms with E-state index in [1.807, 2.05) is 29.5 Å². The highest BCUT2D eigenvalue weighted by Crippen LogP contribution is 2.19. The average molecular weight is 359 g/mol. The Morgan fingerprint density at radius 2 is 2.17 bits per heavy atom. The topological polar surface area (TPSA) is 46.9 Å². The minimum atomic E-state index is -0.325. The minimum absolute atomic E-state index is 0.261. The van der Waals surface area contributed by atoms with Crippen LogP contribution in [0.3, 0.4) is 0 Å². The number of hydrogen-bond acceptors (Lipinski definition) is 2. The zero-order chi connectivity index (χ0) is 13.3. The van der Waals surface area contributed by atoms with Gasteiger partial charge in [-0.1, -0.05) is 0 Å². The Balaban J connectivity index is 2.24. The molecule has 0 aliphatic rings. The fraction of sp³-hybridized carbons (Fsp3) is 0.167. The van der Waals surface area contributed by atoms with Crippen LogP contribution < -0.4 is 5.32 Å². The summed E-state index contributed by atoms with van der Waals surface area (Å²) < 4.78 is 15.1. The lowest BCUT2D eigenvalue weighted by molar-refractivity contribution is 0.101. The fourth-order valence-corrected chi connectivity index (χ4v) is 2.21. The summed E-state index contributed by atoms with van der Waals surface area (Å²) in [6.07, 6.45) is 0. The normalized spacial score (nSPS) is 10.4. The van der Waals surface area contributed by atoms with Crippen LogP contribution in [0.2, 0.25) is 0 Å². The highest BCUT2D eigenvalue weighted by Gasteiger charge is 2.13. The number of carbonyl (C=O) groups is 1. The van der Waals surface area contributed by atoms with Crippen LogP contribution >= 0.6 is 22.6 Å². The molecular formula is C12H11FIN3O. The molecule has 0 saturated carbocycles. The number of rotatable bonds is 2. The molecule has 4 nitrogen and oxygen atoms in total. The van der Waals surface area contributed by atoms with Crippen molar-refractivity contribution in [2.24, 2.45) is 7.05 Å². The third-order valence-corrected chi connectivity index (χ3v) is 3.31. The Labute approximate surface area is 117 Å². The van der Waals surface area contributed by atoms with Gasteiger partial charge in [0.1, 0.15) is 11.5 Å². The summed E-state index contributed by atoms with van der Waals surface area (Å²) in [5.74, 6) is -0.587. The van der Waals surface area contributed by atoms with Gasteiger partial charge >= 0.3 is 0 Å². The van der Waals surface area contributed by atoms with Crippen molar-refractivity contribution in [2.45, 2.75) is 6.92 Å². The Hall–Kier alpha value is -1.44. The molecule has 2 rings (SSSR count). The van der Waals surface area contributed by atoms with Gasteiger partial charge in [0, 0.05) is 10.6 Å². The van der Waals surface area contributed by atoms with Crippen LogP contribution in [0.5, 0.6) is 0 Å². The molecule has 1 aromatic heterocycles. The van der Waals surface area contributed by atoms with E-state index in [4.69, 9.17) is 0 Å². The van der Waals surface area contributed by atoms with Crippen molar-refractivity contribution in [1.82, 2.24) is 9.78 Å². The van der Waals surface area contributed by atoms with E-state index in [0.29, 0.717) is 15.0 Å². The number of hydrogen-bond donors (Lipinski definition) is 1. The van der Waals surface area contributed by atoms with Crippen molar-refractivity contribution in [3.8, 4) is 0 Å². The molecule has 18 heavy (non-hydrogen) atoms. The Bertz CT molecular complexity index is 609. The number of nitrogens with one attached hydrogen (secondary N) is 1. The second-order valence-corrected chi connectivity index (χ2v) is 5.04. The third kappa shape index (κ3) is 2.69. The predicted molar refractivity (Wildman–Crippen MR) is 75.0 cm³/mol. The van der Waals surface area contributed by atoms with Crippen LogP contribution in [0.25, 0.3) is 0 Å². The molecule has 0 aliphatic heterocycles. The van der Waals surface area contributed by atoms with Crippen LogP contribution in [-0.4, -0.2) is 15.7 Å². The Kier molecular flexibility index (Phi) is 3.65. The van der Waals surface area contributed by atoms with E-state index in [1.165, 1.54) is 22.9 Å². The van der Waals surface area contributed by atoms with E-state index in [-0.39, 0.29) is 11.7 Å². The number of halogens is 2. The van der Waals surface area contributed by atoms with E-state index >= 15 is 0 Å². The maximum Gasteiger partial charge on any atom is 0.273 e. The first-order valence-corrected chi connectivity index (χ1v) is 6.32. The van der Waals surface area contributed by atoms with E-state index in [2.05, 4.69) is 10.4 Å². The van der Waals surface area contributed by atoms with Crippen molar-refractivity contribution < 1.29 is 9.18 Å². The molecule has 1 aromatic carbocycles. The Morgan fingerprint density at radius 3 is 2.72 bits per heavy atom. The lowest BCUT2D eigenvalue weighted by Crippen LogP contribution is -2.16. The molecule has 1 heterocycles. The molecule has 0 aliphatic carbocycles. The quantitative estimate of drug-likeness (QED) is 0.839. The summed E-state index contributed by atoms with van der Waals surface area (Å²) in [5.41, 5.74) is 1.82. The second-order valence-electron chi connectivity index (χ2n) is 3.87. The van der Waals surface area contributed by atoms with E-state index in [1.54, 1.807) is 13.1 Å². The van der Waals surface area contributed by atoms with Crippen molar-refractivity contribution in [3.05, 3.63) is 45.0 Å². The molecule has 0 bridgehead atoms. The van der Waals surface area contributed by atoms with Gasteiger partial charge in [0.05, 0.1) is 11.4 Å². The van der Waals surface area contributed by atoms with Gasteiger partial charge in [-0.2, -0.15) is 5.10 Å². The molecule has 6 heteroatoms. The summed E-state index contributed by atoms with van der Waals surface area (Å²) in [7, 11) is 1.71. The lowest BCUT2D eigenvalue weighted by atomic mass is 10.3. The van der Waals surface area contributed by atoms with Gasteiger partial charge in [0.15, 0.2) is 0 Å². The molecule has 0 fully saturated rings. The van der Waals surface area contributed by atoms with Gasteiger partial charge in [-0.3, -0.25) is 9.48 Å². The monoisotopic (exact) mass is 359 g/mol. The molecule has 0 atom stereocenters. The van der Waals surface area contributed by atoms with Gasteiger partial charge < -0.3 is 5.32 Å². The fourth-order valence-electron chi connectivity index (χ4n) is 1.60. The molecule has 2 aromatic rings. The molecule has 0 spiro atoms. The van der Waals surface area contributed by atoms with E-state index < -0.39 is 0 Å². The zero-order valence-electron chi connectivity index (χ0n) is 9.87. The molecule has 1 N–H and O–H groups in total. The molecule has 94 valence electrons. The summed E-state index contributed by atoms with van der Waals surface area (Å²) in [4.78, 5) is 12.0. The van der Waals surface area contributed by atoms with Crippen LogP contribution in [-0.2, 0) is 7.05 Å². The first-order chi connectivity index (χ1) is 8.47. The van der Waals surface area contributed by atoms with Crippen LogP contribution in [0.15, 0.2) is 24.3 Å². The number of benzene rings is 1. The van der Waals surface area contributed by atoms with E-state index in [0.717, 1.165) is 5.69 Å². The third-order valence-electron chi connectivity index (χ3n) is 2.41. The van der Waals surface area contributed by atoms with Crippen molar-refractivity contribution in [2.75, 3.05) is 5.32 Å². The summed E-state index contributed by atoms with van der Waals surface area (Å²) in [6, 6.07) is 5.92. The number of amides is 1. The number of carbonyl (C=O) groups excluding carboxylic acids is 1. The van der Waals surface area contributed by atoms with Gasteiger partial charge in [0.25, 0.3) is 5.91 Å². The SMILES string of the molecule is Cc1cc(C(=O)Nc2ccc(F)cc2I)n(C)n1. The van der Waals surface area contributed by atoms with Crippen molar-refractivity contribution in [3.63, 3.8) is 0 Å². The maximum absolute atomic E-state index is 12.9. The number of aryl methyl sites for hydroxylation is 2. The van der Waals surface area contributed by atoms with E-state index in [9.17, 15) is 9.18 Å². The first-order valence-electron chi connectivity index (χ1n) is 5.24. The average Bonchev–Trinajstić information content (AvgIpc) is 2.62. The van der Waals surface area contributed by atoms with Crippen molar-refractivity contribution >= 4 is 34.2 Å². The largest absolute Gasteiger partial charge is 0.320 e. The number of anilines is 1. The Morgan fingerprint density at radius 1 is 1.44 bits per heavy atom.